The van der Waals surface area contributed by atoms with Crippen molar-refractivity contribution in [2.24, 2.45) is 7.05 Å². The molecule has 0 N–H and O–H groups in total. The van der Waals surface area contributed by atoms with Crippen molar-refractivity contribution in [3.63, 3.8) is 0 Å². The average molecular weight is 292 g/mol. The van der Waals surface area contributed by atoms with Gasteiger partial charge < -0.3 is 4.57 Å². The van der Waals surface area contributed by atoms with Gasteiger partial charge in [-0.3, -0.25) is 0 Å². The number of benzene rings is 1. The molecule has 0 unspecified atom stereocenters. The van der Waals surface area contributed by atoms with E-state index >= 15 is 0 Å². The molecule has 1 aromatic carbocycles. The molecule has 1 aromatic heterocycles. The van der Waals surface area contributed by atoms with Crippen molar-refractivity contribution in [2.75, 3.05) is 6.54 Å². The molecule has 0 aliphatic heterocycles. The number of nitrogens with zero attached hydrogens (tertiary/aromatic N) is 2. The fourth-order valence-corrected chi connectivity index (χ4v) is 3.64. The molecule has 0 saturated heterocycles. The largest absolute Gasteiger partial charge is 0.353 e. The average Bonchev–Trinajstić information content (AvgIpc) is 2.85. The maximum Gasteiger partial charge on any atom is 0.243 e. The molecule has 5 heteroatoms. The molecule has 0 spiro atoms. The third kappa shape index (κ3) is 3.11. The molecular weight excluding hydrogens is 272 g/mol. The Morgan fingerprint density at radius 3 is 2.35 bits per heavy atom. The minimum atomic E-state index is -3.44. The van der Waals surface area contributed by atoms with Gasteiger partial charge in [0, 0.05) is 25.5 Å². The van der Waals surface area contributed by atoms with E-state index in [0.717, 1.165) is 12.1 Å². The fourth-order valence-electron chi connectivity index (χ4n) is 2.12. The molecule has 0 aliphatic carbocycles. The normalized spacial score (nSPS) is 11.9. The van der Waals surface area contributed by atoms with Crippen LogP contribution in [0.25, 0.3) is 0 Å². The van der Waals surface area contributed by atoms with E-state index in [4.69, 9.17) is 0 Å². The van der Waals surface area contributed by atoms with Gasteiger partial charge in [0.2, 0.25) is 10.0 Å². The topological polar surface area (TPSA) is 42.3 Å². The molecule has 0 fully saturated rings. The van der Waals surface area contributed by atoms with Crippen LogP contribution in [0.15, 0.2) is 53.6 Å². The standard InChI is InChI=1S/C15H20N2O2S/c1-3-11-17(13-14-8-7-12-16(14)2)20(18,19)15-9-5-4-6-10-15/h4-10,12H,3,11,13H2,1-2H3. The van der Waals surface area contributed by atoms with E-state index in [1.54, 1.807) is 24.3 Å². The predicted molar refractivity (Wildman–Crippen MR) is 79.7 cm³/mol. The first kappa shape index (κ1) is 14.8. The van der Waals surface area contributed by atoms with Gasteiger partial charge in [-0.25, -0.2) is 8.42 Å². The van der Waals surface area contributed by atoms with Crippen molar-refractivity contribution in [3.05, 3.63) is 54.4 Å². The first-order valence-electron chi connectivity index (χ1n) is 6.71. The summed E-state index contributed by atoms with van der Waals surface area (Å²) < 4.78 is 28.8. The van der Waals surface area contributed by atoms with Gasteiger partial charge in [0.15, 0.2) is 0 Å². The second kappa shape index (κ2) is 6.24. The van der Waals surface area contributed by atoms with Crippen molar-refractivity contribution in [1.82, 2.24) is 8.87 Å². The summed E-state index contributed by atoms with van der Waals surface area (Å²) in [6.07, 6.45) is 2.71. The minimum absolute atomic E-state index is 0.350. The highest BCUT2D eigenvalue weighted by molar-refractivity contribution is 7.89. The molecule has 108 valence electrons. The van der Waals surface area contributed by atoms with Crippen LogP contribution in [0.4, 0.5) is 0 Å². The molecule has 1 heterocycles. The van der Waals surface area contributed by atoms with Gasteiger partial charge >= 0.3 is 0 Å². The Bertz CT molecular complexity index is 648. The van der Waals surface area contributed by atoms with Crippen LogP contribution in [0.3, 0.4) is 0 Å². The summed E-state index contributed by atoms with van der Waals surface area (Å²) in [5.41, 5.74) is 0.984. The Morgan fingerprint density at radius 1 is 1.10 bits per heavy atom. The first-order valence-corrected chi connectivity index (χ1v) is 8.15. The summed E-state index contributed by atoms with van der Waals surface area (Å²) in [7, 11) is -1.51. The van der Waals surface area contributed by atoms with Crippen molar-refractivity contribution in [2.45, 2.75) is 24.8 Å². The zero-order chi connectivity index (χ0) is 14.6. The molecule has 2 aromatic rings. The summed E-state index contributed by atoms with van der Waals surface area (Å²) >= 11 is 0. The molecule has 2 rings (SSSR count). The van der Waals surface area contributed by atoms with Gasteiger partial charge in [-0.2, -0.15) is 4.31 Å². The van der Waals surface area contributed by atoms with E-state index in [9.17, 15) is 8.42 Å². The van der Waals surface area contributed by atoms with E-state index in [2.05, 4.69) is 0 Å². The zero-order valence-electron chi connectivity index (χ0n) is 11.9. The summed E-state index contributed by atoms with van der Waals surface area (Å²) in [6.45, 7) is 2.90. The van der Waals surface area contributed by atoms with Gasteiger partial charge in [-0.05, 0) is 30.7 Å². The van der Waals surface area contributed by atoms with Crippen molar-refractivity contribution < 1.29 is 8.42 Å². The number of aryl methyl sites for hydroxylation is 1. The lowest BCUT2D eigenvalue weighted by Gasteiger charge is -2.22. The van der Waals surface area contributed by atoms with Crippen molar-refractivity contribution >= 4 is 10.0 Å². The maximum absolute atomic E-state index is 12.7. The zero-order valence-corrected chi connectivity index (χ0v) is 12.7. The van der Waals surface area contributed by atoms with Crippen LogP contribution in [0, 0.1) is 0 Å². The minimum Gasteiger partial charge on any atom is -0.353 e. The van der Waals surface area contributed by atoms with Gasteiger partial charge in [0.25, 0.3) is 0 Å². The summed E-state index contributed by atoms with van der Waals surface area (Å²) in [6, 6.07) is 12.5. The Labute approximate surface area is 120 Å². The highest BCUT2D eigenvalue weighted by atomic mass is 32.2. The molecule has 0 radical (unpaired) electrons. The highest BCUT2D eigenvalue weighted by Gasteiger charge is 2.24. The van der Waals surface area contributed by atoms with Crippen LogP contribution in [0.5, 0.6) is 0 Å². The quantitative estimate of drug-likeness (QED) is 0.821. The lowest BCUT2D eigenvalue weighted by atomic mass is 10.4. The van der Waals surface area contributed by atoms with Crippen molar-refractivity contribution in [1.29, 1.82) is 0 Å². The smallest absolute Gasteiger partial charge is 0.243 e. The molecular formula is C15H20N2O2S. The van der Waals surface area contributed by atoms with Crippen LogP contribution in [0.1, 0.15) is 19.0 Å². The number of hydrogen-bond acceptors (Lipinski definition) is 2. The molecule has 0 bridgehead atoms. The number of aromatic nitrogens is 1. The van der Waals surface area contributed by atoms with Crippen LogP contribution >= 0.6 is 0 Å². The van der Waals surface area contributed by atoms with Crippen LogP contribution in [0.2, 0.25) is 0 Å². The van der Waals surface area contributed by atoms with E-state index in [1.807, 2.05) is 42.9 Å². The summed E-state index contributed by atoms with van der Waals surface area (Å²) in [4.78, 5) is 0.350. The van der Waals surface area contributed by atoms with Gasteiger partial charge in [-0.15, -0.1) is 0 Å². The Kier molecular flexibility index (Phi) is 4.62. The van der Waals surface area contributed by atoms with Crippen LogP contribution < -0.4 is 0 Å². The highest BCUT2D eigenvalue weighted by Crippen LogP contribution is 2.18. The van der Waals surface area contributed by atoms with Crippen molar-refractivity contribution in [3.8, 4) is 0 Å². The number of rotatable bonds is 6. The molecule has 4 nitrogen and oxygen atoms in total. The Morgan fingerprint density at radius 2 is 1.80 bits per heavy atom. The summed E-state index contributed by atoms with van der Waals surface area (Å²) in [5.74, 6) is 0. The molecule has 20 heavy (non-hydrogen) atoms. The molecule has 0 atom stereocenters. The van der Waals surface area contributed by atoms with E-state index in [0.29, 0.717) is 18.0 Å². The SMILES string of the molecule is CCCN(Cc1cccn1C)S(=O)(=O)c1ccccc1. The van der Waals surface area contributed by atoms with Gasteiger partial charge in [-0.1, -0.05) is 25.1 Å². The van der Waals surface area contributed by atoms with Crippen LogP contribution in [-0.4, -0.2) is 23.8 Å². The second-order valence-electron chi connectivity index (χ2n) is 4.76. The fraction of sp³-hybridized carbons (Fsp3) is 0.333. The Hall–Kier alpha value is -1.59. The second-order valence-corrected chi connectivity index (χ2v) is 6.70. The van der Waals surface area contributed by atoms with E-state index in [-0.39, 0.29) is 0 Å². The van der Waals surface area contributed by atoms with Gasteiger partial charge in [0.1, 0.15) is 0 Å². The third-order valence-corrected chi connectivity index (χ3v) is 5.10. The summed E-state index contributed by atoms with van der Waals surface area (Å²) in [5, 5.41) is 0. The lowest BCUT2D eigenvalue weighted by molar-refractivity contribution is 0.397. The van der Waals surface area contributed by atoms with E-state index in [1.165, 1.54) is 4.31 Å². The monoisotopic (exact) mass is 292 g/mol. The van der Waals surface area contributed by atoms with E-state index < -0.39 is 10.0 Å². The molecule has 0 amide bonds. The lowest BCUT2D eigenvalue weighted by Crippen LogP contribution is -2.32. The number of sulfonamides is 1. The maximum atomic E-state index is 12.7. The van der Waals surface area contributed by atoms with Crippen LogP contribution in [-0.2, 0) is 23.6 Å². The van der Waals surface area contributed by atoms with Gasteiger partial charge in [0.05, 0.1) is 11.4 Å². The first-order chi connectivity index (χ1) is 9.55. The molecule has 0 saturated carbocycles. The molecule has 0 aliphatic rings. The Balaban J connectivity index is 2.31. The predicted octanol–water partition coefficient (Wildman–Crippen LogP) is 2.63. The third-order valence-electron chi connectivity index (χ3n) is 3.24. The number of hydrogen-bond donors (Lipinski definition) is 0.